The molecule has 8 aliphatic rings. The molecule has 8 aliphatic carbocycles. The van der Waals surface area contributed by atoms with Gasteiger partial charge >= 0.3 is 23.9 Å². The van der Waals surface area contributed by atoms with E-state index in [0.29, 0.717) is 23.7 Å². The molecule has 0 aromatic heterocycles. The summed E-state index contributed by atoms with van der Waals surface area (Å²) in [5, 5.41) is 0. The molecule has 72 heavy (non-hydrogen) atoms. The fourth-order valence-corrected chi connectivity index (χ4v) is 13.3. The maximum Gasteiger partial charge on any atom is 0.312 e. The molecule has 0 N–H and O–H groups in total. The lowest BCUT2D eigenvalue weighted by Gasteiger charge is -2.38. The van der Waals surface area contributed by atoms with E-state index in [4.69, 9.17) is 18.9 Å². The number of hydrogen-bond donors (Lipinski definition) is 0. The van der Waals surface area contributed by atoms with E-state index < -0.39 is 0 Å². The van der Waals surface area contributed by atoms with Crippen molar-refractivity contribution in [2.75, 3.05) is 0 Å². The summed E-state index contributed by atoms with van der Waals surface area (Å²) in [7, 11) is 0. The van der Waals surface area contributed by atoms with E-state index >= 15 is 0 Å². The van der Waals surface area contributed by atoms with Gasteiger partial charge in [-0.2, -0.15) is 0 Å². The van der Waals surface area contributed by atoms with Crippen molar-refractivity contribution in [3.63, 3.8) is 0 Å². The third-order valence-corrected chi connectivity index (χ3v) is 19.4. The molecule has 0 spiro atoms. The van der Waals surface area contributed by atoms with Gasteiger partial charge in [-0.1, -0.05) is 115 Å². The highest BCUT2D eigenvalue weighted by molar-refractivity contribution is 5.77. The zero-order valence-corrected chi connectivity index (χ0v) is 43.6. The van der Waals surface area contributed by atoms with Crippen molar-refractivity contribution in [1.82, 2.24) is 0 Å². The molecule has 14 atom stereocenters. The molecule has 14 unspecified atom stereocenters. The average Bonchev–Trinajstić information content (AvgIpc) is 4.14. The Balaban J connectivity index is -0.000000413. The Kier molecular flexibility index (Phi) is 32.4. The number of rotatable bonds is 14. The molecule has 0 aliphatic heterocycles. The minimum Gasteiger partial charge on any atom is -0.459 e. The van der Waals surface area contributed by atoms with Crippen molar-refractivity contribution in [2.24, 2.45) is 70.0 Å². The van der Waals surface area contributed by atoms with Gasteiger partial charge in [-0.3, -0.25) is 19.2 Å². The van der Waals surface area contributed by atoms with E-state index in [2.05, 4.69) is 34.6 Å². The summed E-state index contributed by atoms with van der Waals surface area (Å²) in [5.74, 6) is 5.96. The maximum atomic E-state index is 12.3. The van der Waals surface area contributed by atoms with E-state index in [9.17, 15) is 19.2 Å². The van der Waals surface area contributed by atoms with Crippen LogP contribution in [0.25, 0.3) is 0 Å². The first-order chi connectivity index (χ1) is 30.0. The smallest absolute Gasteiger partial charge is 0.312 e. The monoisotopic (exact) mass is 1020 g/mol. The number of hydrogen-bond acceptors (Lipinski definition) is 8. The topological polar surface area (TPSA) is 105 Å². The van der Waals surface area contributed by atoms with E-state index in [1.54, 1.807) is 0 Å². The van der Waals surface area contributed by atoms with Crippen LogP contribution in [0.4, 0.5) is 0 Å². The van der Waals surface area contributed by atoms with E-state index in [-0.39, 0.29) is 128 Å². The van der Waals surface area contributed by atoms with Crippen LogP contribution in [0, 0.1) is 70.0 Å². The number of esters is 4. The Hall–Kier alpha value is -2.12. The van der Waals surface area contributed by atoms with Crippen LogP contribution < -0.4 is 0 Å². The highest BCUT2D eigenvalue weighted by atomic mass is 16.6. The van der Waals surface area contributed by atoms with Crippen LogP contribution in [0.3, 0.4) is 0 Å². The van der Waals surface area contributed by atoms with Crippen LogP contribution in [0.15, 0.2) is 0 Å². The first-order valence-electron chi connectivity index (χ1n) is 26.9. The molecule has 8 bridgehead atoms. The summed E-state index contributed by atoms with van der Waals surface area (Å²) in [5.41, 5.74) is -1.17. The van der Waals surface area contributed by atoms with Gasteiger partial charge in [0.25, 0.3) is 0 Å². The molecule has 0 saturated heterocycles. The van der Waals surface area contributed by atoms with Gasteiger partial charge in [0, 0.05) is 0 Å². The van der Waals surface area contributed by atoms with Crippen molar-refractivity contribution in [2.45, 2.75) is 320 Å². The van der Waals surface area contributed by atoms with Crippen molar-refractivity contribution in [1.29, 1.82) is 0 Å². The van der Waals surface area contributed by atoms with Gasteiger partial charge in [0.05, 0.1) is 22.7 Å². The summed E-state index contributed by atoms with van der Waals surface area (Å²) in [6.07, 6.45) is 25.4. The summed E-state index contributed by atoms with van der Waals surface area (Å²) in [4.78, 5) is 48.1. The molecule has 8 saturated carbocycles. The highest BCUT2D eigenvalue weighted by Gasteiger charge is 2.55. The van der Waals surface area contributed by atoms with Crippen molar-refractivity contribution < 1.29 is 38.1 Å². The molecule has 8 rings (SSSR count). The Morgan fingerprint density at radius 3 is 0.986 bits per heavy atom. The van der Waals surface area contributed by atoms with Crippen LogP contribution in [-0.4, -0.2) is 46.3 Å². The summed E-state index contributed by atoms with van der Waals surface area (Å²) < 4.78 is 23.5. The lowest BCUT2D eigenvalue weighted by molar-refractivity contribution is -0.177. The predicted molar refractivity (Wildman–Crippen MR) is 310 cm³/mol. The van der Waals surface area contributed by atoms with Crippen LogP contribution in [0.2, 0.25) is 0 Å². The molecule has 8 nitrogen and oxygen atoms in total. The second-order valence-corrected chi connectivity index (χ2v) is 24.5. The SMILES string of the molecule is C.C.C.C.C.C.C.C.CCC(C)(C)C(=O)OC1(C)CC2CCC1C2.CCC(C)(C)C(=O)OC1(CC)CC2CCC1C2.CCC(C)C(=O)OC1(C)CC2CCC1C2.CCC(C)C(=O)OC1(CC)CC2CCC1C2. The lowest BCUT2D eigenvalue weighted by atomic mass is 9.81. The number of fused-ring (bicyclic) bond motifs is 8. The minimum atomic E-state index is -0.329. The van der Waals surface area contributed by atoms with E-state index in [1.165, 1.54) is 77.0 Å². The number of ether oxygens (including phenoxy) is 4. The lowest BCUT2D eigenvalue weighted by Crippen LogP contribution is -2.43. The van der Waals surface area contributed by atoms with E-state index in [0.717, 1.165) is 87.9 Å². The Morgan fingerprint density at radius 2 is 0.722 bits per heavy atom. The second kappa shape index (κ2) is 30.6. The van der Waals surface area contributed by atoms with Crippen molar-refractivity contribution in [3.8, 4) is 0 Å². The molecular formula is C64H128O8. The average molecular weight is 1030 g/mol. The molecule has 0 aromatic rings. The molecule has 432 valence electrons. The zero-order valence-electron chi connectivity index (χ0n) is 43.6. The maximum absolute atomic E-state index is 12.3. The Bertz CT molecular complexity index is 1600. The largest absolute Gasteiger partial charge is 0.459 e. The number of carbonyl (C=O) groups excluding carboxylic acids is 4. The van der Waals surface area contributed by atoms with Crippen molar-refractivity contribution in [3.05, 3.63) is 0 Å². The normalized spacial score (nSPS) is 34.0. The van der Waals surface area contributed by atoms with Crippen LogP contribution in [0.5, 0.6) is 0 Å². The molecular weight excluding hydrogens is 897 g/mol. The Labute approximate surface area is 450 Å². The number of carbonyl (C=O) groups is 4. The zero-order chi connectivity index (χ0) is 47.5. The van der Waals surface area contributed by atoms with Gasteiger partial charge in [-0.15, -0.1) is 0 Å². The van der Waals surface area contributed by atoms with Gasteiger partial charge in [-0.05, 0) is 230 Å². The summed E-state index contributed by atoms with van der Waals surface area (Å²) >= 11 is 0. The first-order valence-corrected chi connectivity index (χ1v) is 26.9. The van der Waals surface area contributed by atoms with Gasteiger partial charge < -0.3 is 18.9 Å². The van der Waals surface area contributed by atoms with Crippen LogP contribution >= 0.6 is 0 Å². The minimum absolute atomic E-state index is 0. The standard InChI is InChI=1S/C15H26O2.2C14H24O2.C13H22O2.8CH4/c1-5-14(3,4)13(16)17-15(6-2)10-11-7-8-12(15)9-11;1-5-13(2,3)12(15)16-14(4)9-10-6-7-11(14)8-10;1-4-10(3)13(15)16-14(5-2)9-11-6-7-12(14)8-11;1-4-9(2)12(14)15-13(3)8-10-5-6-11(13)7-10;;;;;;;;/h11-12H,5-10H2,1-4H3;10-11H,5-9H2,1-4H3;10-12H,4-9H2,1-3H3;9-11H,4-8H2,1-3H3;8*1H4. The third-order valence-electron chi connectivity index (χ3n) is 19.4. The highest BCUT2D eigenvalue weighted by Crippen LogP contribution is 2.57. The third kappa shape index (κ3) is 16.9. The fraction of sp³-hybridized carbons (Fsp3) is 0.938. The second-order valence-electron chi connectivity index (χ2n) is 24.5. The molecule has 8 heteroatoms. The summed E-state index contributed by atoms with van der Waals surface area (Å²) in [6, 6.07) is 0. The van der Waals surface area contributed by atoms with Gasteiger partial charge in [-0.25, -0.2) is 0 Å². The molecule has 0 radical (unpaired) electrons. The van der Waals surface area contributed by atoms with Gasteiger partial charge in [0.1, 0.15) is 22.4 Å². The van der Waals surface area contributed by atoms with Crippen molar-refractivity contribution >= 4 is 23.9 Å². The van der Waals surface area contributed by atoms with Crippen LogP contribution in [0.1, 0.15) is 298 Å². The Morgan fingerprint density at radius 1 is 0.431 bits per heavy atom. The fourth-order valence-electron chi connectivity index (χ4n) is 13.3. The molecule has 8 fully saturated rings. The molecule has 0 aromatic carbocycles. The van der Waals surface area contributed by atoms with E-state index in [1.807, 2.05) is 62.3 Å². The first kappa shape index (κ1) is 76.4. The molecule has 0 amide bonds. The quantitative estimate of drug-likeness (QED) is 0.125. The van der Waals surface area contributed by atoms with Gasteiger partial charge in [0.2, 0.25) is 0 Å². The van der Waals surface area contributed by atoms with Gasteiger partial charge in [0.15, 0.2) is 0 Å². The predicted octanol–water partition coefficient (Wildman–Crippen LogP) is 19.3. The summed E-state index contributed by atoms with van der Waals surface area (Å²) in [6.45, 7) is 28.7. The van der Waals surface area contributed by atoms with Crippen LogP contribution in [-0.2, 0) is 38.1 Å². The molecule has 0 heterocycles.